The van der Waals surface area contributed by atoms with Gasteiger partial charge in [-0.2, -0.15) is 0 Å². The number of nitrogens with two attached hydrogens (primary N) is 1. The minimum absolute atomic E-state index is 0.0514. The predicted molar refractivity (Wildman–Crippen MR) is 97.3 cm³/mol. The maximum absolute atomic E-state index is 12.8. The molecule has 3 N–H and O–H groups in total. The quantitative estimate of drug-likeness (QED) is 0.794. The summed E-state index contributed by atoms with van der Waals surface area (Å²) in [6.07, 6.45) is 1.52. The van der Waals surface area contributed by atoms with E-state index in [1.165, 1.54) is 10.1 Å². The van der Waals surface area contributed by atoms with Crippen LogP contribution in [0.15, 0.2) is 33.9 Å². The number of ketones is 1. The first-order chi connectivity index (χ1) is 11.9. The van der Waals surface area contributed by atoms with E-state index >= 15 is 0 Å². The van der Waals surface area contributed by atoms with E-state index < -0.39 is 11.2 Å². The van der Waals surface area contributed by atoms with E-state index in [1.54, 1.807) is 0 Å². The summed E-state index contributed by atoms with van der Waals surface area (Å²) in [7, 11) is 0. The molecule has 0 spiro atoms. The number of benzene rings is 1. The molecule has 0 unspecified atom stereocenters. The molecule has 1 aromatic heterocycles. The van der Waals surface area contributed by atoms with Crippen LogP contribution in [0.4, 0.5) is 11.5 Å². The zero-order valence-corrected chi connectivity index (χ0v) is 14.4. The second-order valence-corrected chi connectivity index (χ2v) is 6.40. The molecule has 0 fully saturated rings. The first kappa shape index (κ1) is 17.0. The van der Waals surface area contributed by atoms with Gasteiger partial charge in [0.15, 0.2) is 5.78 Å². The topological polar surface area (TPSA) is 101 Å². The highest BCUT2D eigenvalue weighted by molar-refractivity contribution is 6.02. The van der Waals surface area contributed by atoms with Crippen LogP contribution >= 0.6 is 0 Å². The Morgan fingerprint density at radius 2 is 2.04 bits per heavy atom. The minimum atomic E-state index is -0.722. The summed E-state index contributed by atoms with van der Waals surface area (Å²) in [6, 6.07) is 8.07. The normalized spacial score (nSPS) is 16.1. The second-order valence-electron chi connectivity index (χ2n) is 6.40. The van der Waals surface area contributed by atoms with E-state index in [1.807, 2.05) is 43.0 Å². The molecule has 2 heterocycles. The third-order valence-corrected chi connectivity index (χ3v) is 4.63. The Morgan fingerprint density at radius 3 is 2.76 bits per heavy atom. The van der Waals surface area contributed by atoms with Crippen molar-refractivity contribution in [2.75, 3.05) is 17.2 Å². The van der Waals surface area contributed by atoms with Crippen LogP contribution in [0.1, 0.15) is 36.2 Å². The fourth-order valence-corrected chi connectivity index (χ4v) is 3.41. The van der Waals surface area contributed by atoms with Crippen LogP contribution in [0.25, 0.3) is 0 Å². The van der Waals surface area contributed by atoms with Gasteiger partial charge < -0.3 is 10.6 Å². The molecule has 0 amide bonds. The van der Waals surface area contributed by atoms with Crippen molar-refractivity contribution < 1.29 is 4.79 Å². The van der Waals surface area contributed by atoms with E-state index in [-0.39, 0.29) is 29.8 Å². The van der Waals surface area contributed by atoms with Crippen LogP contribution in [0.3, 0.4) is 0 Å². The molecule has 1 aliphatic heterocycles. The van der Waals surface area contributed by atoms with Gasteiger partial charge in [0.05, 0.1) is 6.54 Å². The Labute approximate surface area is 145 Å². The van der Waals surface area contributed by atoms with Gasteiger partial charge in [0, 0.05) is 18.3 Å². The molecule has 2 aromatic rings. The number of Topliss-reactive ketones (excluding diaryl/α,β-unsaturated/α-hetero) is 1. The number of nitrogens with one attached hydrogen (secondary N) is 1. The summed E-state index contributed by atoms with van der Waals surface area (Å²) in [5.74, 6) is -0.437. The highest BCUT2D eigenvalue weighted by atomic mass is 16.2. The molecule has 1 aromatic carbocycles. The van der Waals surface area contributed by atoms with Gasteiger partial charge in [-0.25, -0.2) is 4.79 Å². The Balaban J connectivity index is 1.96. The van der Waals surface area contributed by atoms with Gasteiger partial charge in [-0.15, -0.1) is 0 Å². The number of para-hydroxylation sites is 1. The molecule has 25 heavy (non-hydrogen) atoms. The molecule has 0 saturated carbocycles. The molecule has 3 rings (SSSR count). The van der Waals surface area contributed by atoms with E-state index in [2.05, 4.69) is 4.98 Å². The minimum Gasteiger partial charge on any atom is -0.384 e. The van der Waals surface area contributed by atoms with Gasteiger partial charge in [0.2, 0.25) is 0 Å². The molecule has 0 bridgehead atoms. The smallest absolute Gasteiger partial charge is 0.329 e. The van der Waals surface area contributed by atoms with Crippen molar-refractivity contribution in [3.05, 3.63) is 56.2 Å². The number of nitrogens with zero attached hydrogens (tertiary/aromatic N) is 2. The number of rotatable bonds is 5. The number of aromatic amines is 1. The zero-order chi connectivity index (χ0) is 18.1. The zero-order valence-electron chi connectivity index (χ0n) is 14.4. The van der Waals surface area contributed by atoms with Crippen molar-refractivity contribution in [2.45, 2.75) is 39.3 Å². The van der Waals surface area contributed by atoms with E-state index in [0.717, 1.165) is 12.1 Å². The molecule has 7 heteroatoms. The van der Waals surface area contributed by atoms with Crippen LogP contribution in [0, 0.1) is 0 Å². The number of anilines is 2. The van der Waals surface area contributed by atoms with Crippen LogP contribution in [0.5, 0.6) is 0 Å². The second kappa shape index (κ2) is 6.58. The average molecular weight is 342 g/mol. The standard InChI is InChI=1S/C18H22N4O3/c1-3-8-21-16(19)15(17(24)20-18(21)25)14(23)10-22-11(2)9-12-6-4-5-7-13(12)22/h4-7,11H,3,8-10,19H2,1-2H3,(H,20,24,25)/t11-/m0/s1. The van der Waals surface area contributed by atoms with Gasteiger partial charge in [0.25, 0.3) is 5.56 Å². The Morgan fingerprint density at radius 1 is 1.32 bits per heavy atom. The van der Waals surface area contributed by atoms with Crippen molar-refractivity contribution >= 4 is 17.3 Å². The Bertz CT molecular complexity index is 929. The SMILES string of the molecule is CCCn1c(N)c(C(=O)CN2c3ccccc3C[C@@H]2C)c(=O)[nH]c1=O. The van der Waals surface area contributed by atoms with Crippen molar-refractivity contribution in [3.63, 3.8) is 0 Å². The van der Waals surface area contributed by atoms with Gasteiger partial charge in [-0.05, 0) is 31.4 Å². The van der Waals surface area contributed by atoms with Crippen LogP contribution < -0.4 is 21.9 Å². The van der Waals surface area contributed by atoms with Gasteiger partial charge in [-0.1, -0.05) is 25.1 Å². The van der Waals surface area contributed by atoms with E-state index in [0.29, 0.717) is 13.0 Å². The summed E-state index contributed by atoms with van der Waals surface area (Å²) in [4.78, 5) is 41.1. The lowest BCUT2D eigenvalue weighted by molar-refractivity contribution is 0.0996. The van der Waals surface area contributed by atoms with Crippen LogP contribution in [-0.4, -0.2) is 27.9 Å². The fourth-order valence-electron chi connectivity index (χ4n) is 3.41. The molecular weight excluding hydrogens is 320 g/mol. The lowest BCUT2D eigenvalue weighted by Crippen LogP contribution is -2.40. The predicted octanol–water partition coefficient (Wildman–Crippen LogP) is 1.16. The molecule has 1 atom stereocenters. The largest absolute Gasteiger partial charge is 0.384 e. The number of aromatic nitrogens is 2. The highest BCUT2D eigenvalue weighted by Gasteiger charge is 2.29. The van der Waals surface area contributed by atoms with Crippen molar-refractivity contribution in [1.29, 1.82) is 0 Å². The van der Waals surface area contributed by atoms with Crippen molar-refractivity contribution in [1.82, 2.24) is 9.55 Å². The van der Waals surface area contributed by atoms with Crippen molar-refractivity contribution in [2.24, 2.45) is 0 Å². The Kier molecular flexibility index (Phi) is 4.48. The third kappa shape index (κ3) is 2.97. The lowest BCUT2D eigenvalue weighted by atomic mass is 10.1. The average Bonchev–Trinajstić information content (AvgIpc) is 2.87. The molecule has 0 radical (unpaired) electrons. The number of nitrogen functional groups attached to an aromatic ring is 1. The molecule has 132 valence electrons. The number of carbonyl (C=O) groups is 1. The van der Waals surface area contributed by atoms with E-state index in [4.69, 9.17) is 5.73 Å². The maximum atomic E-state index is 12.8. The summed E-state index contributed by atoms with van der Waals surface area (Å²) >= 11 is 0. The van der Waals surface area contributed by atoms with Gasteiger partial charge in [0.1, 0.15) is 11.4 Å². The number of fused-ring (bicyclic) bond motifs is 1. The first-order valence-corrected chi connectivity index (χ1v) is 8.44. The van der Waals surface area contributed by atoms with Crippen LogP contribution in [0.2, 0.25) is 0 Å². The lowest BCUT2D eigenvalue weighted by Gasteiger charge is -2.24. The first-order valence-electron chi connectivity index (χ1n) is 8.44. The highest BCUT2D eigenvalue weighted by Crippen LogP contribution is 2.31. The fraction of sp³-hybridized carbons (Fsp3) is 0.389. The van der Waals surface area contributed by atoms with Crippen molar-refractivity contribution in [3.8, 4) is 0 Å². The molecule has 1 aliphatic rings. The monoisotopic (exact) mass is 342 g/mol. The number of carbonyl (C=O) groups excluding carboxylic acids is 1. The molecule has 0 aliphatic carbocycles. The number of hydrogen-bond acceptors (Lipinski definition) is 5. The summed E-state index contributed by atoms with van der Waals surface area (Å²) < 4.78 is 1.25. The summed E-state index contributed by atoms with van der Waals surface area (Å²) in [5.41, 5.74) is 6.72. The summed E-state index contributed by atoms with van der Waals surface area (Å²) in [5, 5.41) is 0. The third-order valence-electron chi connectivity index (χ3n) is 4.63. The Hall–Kier alpha value is -2.83. The number of H-pyrrole nitrogens is 1. The number of hydrogen-bond donors (Lipinski definition) is 2. The molecular formula is C18H22N4O3. The molecule has 0 saturated heterocycles. The van der Waals surface area contributed by atoms with Crippen LogP contribution in [-0.2, 0) is 13.0 Å². The van der Waals surface area contributed by atoms with Gasteiger partial charge >= 0.3 is 5.69 Å². The van der Waals surface area contributed by atoms with Gasteiger partial charge in [-0.3, -0.25) is 19.1 Å². The summed E-state index contributed by atoms with van der Waals surface area (Å²) in [6.45, 7) is 4.33. The molecule has 7 nitrogen and oxygen atoms in total. The van der Waals surface area contributed by atoms with E-state index in [9.17, 15) is 14.4 Å². The maximum Gasteiger partial charge on any atom is 0.329 e.